The number of hydrogen-bond acceptors (Lipinski definition) is 2. The molecule has 0 spiro atoms. The van der Waals surface area contributed by atoms with Crippen LogP contribution in [0, 0.1) is 4.77 Å². The van der Waals surface area contributed by atoms with E-state index < -0.39 is 0 Å². The maximum absolute atomic E-state index is 10.4. The van der Waals surface area contributed by atoms with E-state index in [1.165, 1.54) is 11.1 Å². The van der Waals surface area contributed by atoms with Crippen molar-refractivity contribution in [1.82, 2.24) is 9.13 Å². The molecule has 26 heavy (non-hydrogen) atoms. The Balaban J connectivity index is 1.66. The molecule has 1 N–H and O–H groups in total. The number of rotatable bonds is 4. The Bertz CT molecular complexity index is 1060. The number of benzene rings is 3. The van der Waals surface area contributed by atoms with Gasteiger partial charge in [-0.25, -0.2) is 0 Å². The molecule has 128 valence electrons. The van der Waals surface area contributed by atoms with Gasteiger partial charge in [0.25, 0.3) is 0 Å². The smallest absolute Gasteiger partial charge is 0.215 e. The first-order valence-corrected chi connectivity index (χ1v) is 8.85. The van der Waals surface area contributed by atoms with Crippen LogP contribution < -0.4 is 0 Å². The van der Waals surface area contributed by atoms with Gasteiger partial charge in [-0.2, -0.15) is 0 Å². The molecule has 0 saturated carbocycles. The molecule has 3 aromatic carbocycles. The van der Waals surface area contributed by atoms with E-state index in [0.717, 1.165) is 17.8 Å². The fourth-order valence-corrected chi connectivity index (χ4v) is 3.40. The van der Waals surface area contributed by atoms with Crippen molar-refractivity contribution in [3.8, 4) is 17.3 Å². The molecule has 4 rings (SSSR count). The van der Waals surface area contributed by atoms with Gasteiger partial charge < -0.3 is 5.11 Å². The van der Waals surface area contributed by atoms with E-state index in [2.05, 4.69) is 24.3 Å². The second-order valence-corrected chi connectivity index (χ2v) is 6.50. The molecule has 0 aliphatic heterocycles. The van der Waals surface area contributed by atoms with Crippen LogP contribution in [-0.2, 0) is 6.42 Å². The van der Waals surface area contributed by atoms with Crippen molar-refractivity contribution in [2.24, 2.45) is 0 Å². The van der Waals surface area contributed by atoms with E-state index in [1.807, 2.05) is 65.2 Å². The highest BCUT2D eigenvalue weighted by Gasteiger charge is 2.10. The molecular weight excluding hydrogens is 340 g/mol. The zero-order valence-electron chi connectivity index (χ0n) is 14.1. The standard InChI is InChI=1S/C22H18N2OS/c25-21-16-23(19-9-5-2-6-10-19)22(26)24(21)20-13-11-18(12-14-20)15-17-7-3-1-4-8-17/h1-14,16,25H,15H2. The molecule has 1 heterocycles. The largest absolute Gasteiger partial charge is 0.493 e. The van der Waals surface area contributed by atoms with Crippen molar-refractivity contribution in [1.29, 1.82) is 0 Å². The zero-order valence-corrected chi connectivity index (χ0v) is 14.9. The summed E-state index contributed by atoms with van der Waals surface area (Å²) in [6, 6.07) is 28.3. The Kier molecular flexibility index (Phi) is 4.42. The third-order valence-electron chi connectivity index (χ3n) is 4.35. The number of nitrogens with zero attached hydrogens (tertiary/aromatic N) is 2. The Morgan fingerprint density at radius 2 is 1.27 bits per heavy atom. The Morgan fingerprint density at radius 1 is 0.692 bits per heavy atom. The van der Waals surface area contributed by atoms with Crippen LogP contribution in [0.15, 0.2) is 91.1 Å². The van der Waals surface area contributed by atoms with Crippen LogP contribution in [0.2, 0.25) is 0 Å². The van der Waals surface area contributed by atoms with E-state index in [9.17, 15) is 5.11 Å². The average molecular weight is 358 g/mol. The summed E-state index contributed by atoms with van der Waals surface area (Å²) in [7, 11) is 0. The molecule has 4 heteroatoms. The van der Waals surface area contributed by atoms with Gasteiger partial charge in [0, 0.05) is 5.69 Å². The fourth-order valence-electron chi connectivity index (χ4n) is 3.04. The van der Waals surface area contributed by atoms with Gasteiger partial charge in [-0.15, -0.1) is 0 Å². The molecule has 0 saturated heterocycles. The molecule has 1 aromatic heterocycles. The van der Waals surface area contributed by atoms with Gasteiger partial charge in [-0.3, -0.25) is 9.13 Å². The molecular formula is C22H18N2OS. The lowest BCUT2D eigenvalue weighted by Crippen LogP contribution is -1.98. The highest BCUT2D eigenvalue weighted by Crippen LogP contribution is 2.23. The molecule has 0 amide bonds. The Labute approximate surface area is 157 Å². The van der Waals surface area contributed by atoms with Crippen molar-refractivity contribution in [3.05, 3.63) is 107 Å². The minimum Gasteiger partial charge on any atom is -0.493 e. The molecule has 0 aliphatic rings. The van der Waals surface area contributed by atoms with Gasteiger partial charge in [0.15, 0.2) is 4.77 Å². The van der Waals surface area contributed by atoms with Gasteiger partial charge in [0.2, 0.25) is 5.88 Å². The summed E-state index contributed by atoms with van der Waals surface area (Å²) in [5.74, 6) is 0.120. The fraction of sp³-hybridized carbons (Fsp3) is 0.0455. The van der Waals surface area contributed by atoms with Crippen LogP contribution in [0.4, 0.5) is 0 Å². The maximum atomic E-state index is 10.4. The van der Waals surface area contributed by atoms with Crippen LogP contribution in [0.25, 0.3) is 11.4 Å². The highest BCUT2D eigenvalue weighted by molar-refractivity contribution is 7.71. The molecule has 0 aliphatic carbocycles. The third-order valence-corrected chi connectivity index (χ3v) is 4.73. The van der Waals surface area contributed by atoms with Crippen molar-refractivity contribution in [3.63, 3.8) is 0 Å². The summed E-state index contributed by atoms with van der Waals surface area (Å²) in [4.78, 5) is 0. The van der Waals surface area contributed by atoms with E-state index >= 15 is 0 Å². The summed E-state index contributed by atoms with van der Waals surface area (Å²) >= 11 is 5.58. The first kappa shape index (κ1) is 16.4. The summed E-state index contributed by atoms with van der Waals surface area (Å²) in [5.41, 5.74) is 4.26. The minimum absolute atomic E-state index is 0.120. The Hall–Kier alpha value is -3.11. The Morgan fingerprint density at radius 3 is 1.92 bits per heavy atom. The van der Waals surface area contributed by atoms with E-state index in [-0.39, 0.29) is 5.88 Å². The number of hydrogen-bond donors (Lipinski definition) is 1. The predicted molar refractivity (Wildman–Crippen MR) is 107 cm³/mol. The van der Waals surface area contributed by atoms with Crippen molar-refractivity contribution < 1.29 is 5.11 Å². The van der Waals surface area contributed by atoms with Gasteiger partial charge in [-0.1, -0.05) is 60.7 Å². The first-order chi connectivity index (χ1) is 12.7. The number of imidazole rings is 1. The topological polar surface area (TPSA) is 30.1 Å². The van der Waals surface area contributed by atoms with Crippen LogP contribution in [0.3, 0.4) is 0 Å². The molecule has 4 aromatic rings. The van der Waals surface area contributed by atoms with Crippen molar-refractivity contribution in [2.75, 3.05) is 0 Å². The molecule has 0 radical (unpaired) electrons. The second-order valence-electron chi connectivity index (χ2n) is 6.14. The molecule has 0 fully saturated rings. The van der Waals surface area contributed by atoms with Gasteiger partial charge in [-0.05, 0) is 54.0 Å². The lowest BCUT2D eigenvalue weighted by Gasteiger charge is -2.07. The number of para-hydroxylation sites is 1. The molecule has 0 bridgehead atoms. The van der Waals surface area contributed by atoms with Crippen LogP contribution in [0.5, 0.6) is 5.88 Å². The van der Waals surface area contributed by atoms with Crippen LogP contribution in [0.1, 0.15) is 11.1 Å². The molecule has 0 atom stereocenters. The normalized spacial score (nSPS) is 10.8. The van der Waals surface area contributed by atoms with E-state index in [1.54, 1.807) is 10.8 Å². The summed E-state index contributed by atoms with van der Waals surface area (Å²) in [5, 5.41) is 10.4. The van der Waals surface area contributed by atoms with Crippen molar-refractivity contribution >= 4 is 12.2 Å². The molecule has 3 nitrogen and oxygen atoms in total. The third kappa shape index (κ3) is 3.19. The van der Waals surface area contributed by atoms with Gasteiger partial charge in [0.05, 0.1) is 11.9 Å². The average Bonchev–Trinajstić information content (AvgIpc) is 2.98. The van der Waals surface area contributed by atoms with E-state index in [0.29, 0.717) is 4.77 Å². The first-order valence-electron chi connectivity index (χ1n) is 8.44. The SMILES string of the molecule is Oc1cn(-c2ccccc2)c(=S)n1-c1ccc(Cc2ccccc2)cc1. The zero-order chi connectivity index (χ0) is 17.9. The minimum atomic E-state index is 0.120. The lowest BCUT2D eigenvalue weighted by atomic mass is 10.0. The van der Waals surface area contributed by atoms with Crippen LogP contribution in [-0.4, -0.2) is 14.2 Å². The predicted octanol–water partition coefficient (Wildman–Crippen LogP) is 5.29. The van der Waals surface area contributed by atoms with Gasteiger partial charge in [0.1, 0.15) is 0 Å². The number of aromatic hydroxyl groups is 1. The lowest BCUT2D eigenvalue weighted by molar-refractivity contribution is 0.442. The summed E-state index contributed by atoms with van der Waals surface area (Å²) in [6.07, 6.45) is 2.53. The second kappa shape index (κ2) is 7.02. The summed E-state index contributed by atoms with van der Waals surface area (Å²) < 4.78 is 4.02. The molecule has 0 unspecified atom stereocenters. The van der Waals surface area contributed by atoms with E-state index in [4.69, 9.17) is 12.2 Å². The maximum Gasteiger partial charge on any atom is 0.215 e. The van der Waals surface area contributed by atoms with Crippen molar-refractivity contribution in [2.45, 2.75) is 6.42 Å². The number of aromatic nitrogens is 2. The quantitative estimate of drug-likeness (QED) is 0.502. The monoisotopic (exact) mass is 358 g/mol. The van der Waals surface area contributed by atoms with Crippen LogP contribution >= 0.6 is 12.2 Å². The summed E-state index contributed by atoms with van der Waals surface area (Å²) in [6.45, 7) is 0. The highest BCUT2D eigenvalue weighted by atomic mass is 32.1. The van der Waals surface area contributed by atoms with Gasteiger partial charge >= 0.3 is 0 Å².